The lowest BCUT2D eigenvalue weighted by molar-refractivity contribution is -0.134. The zero-order chi connectivity index (χ0) is 31.9. The zero-order valence-corrected chi connectivity index (χ0v) is 25.5. The first-order valence-electron chi connectivity index (χ1n) is 14.8. The minimum Gasteiger partial charge on any atom is -0.478 e. The number of rotatable bonds is 5. The second-order valence-corrected chi connectivity index (χ2v) is 12.7. The van der Waals surface area contributed by atoms with E-state index in [2.05, 4.69) is 9.80 Å². The molecule has 2 saturated heterocycles. The van der Waals surface area contributed by atoms with Gasteiger partial charge >= 0.3 is 5.97 Å². The maximum atomic E-state index is 13.6. The number of nitrogens with one attached hydrogen (secondary N) is 1. The van der Waals surface area contributed by atoms with Crippen LogP contribution in [0.2, 0.25) is 0 Å². The summed E-state index contributed by atoms with van der Waals surface area (Å²) in [6.07, 6.45) is 0. The first kappa shape index (κ1) is 28.6. The Balaban J connectivity index is 1.34. The number of carboxylic acid groups (broad SMARTS) is 1. The molecular formula is C34H33N5O6. The van der Waals surface area contributed by atoms with Crippen molar-refractivity contribution in [3.05, 3.63) is 82.4 Å². The van der Waals surface area contributed by atoms with Crippen LogP contribution in [0.15, 0.2) is 54.6 Å². The summed E-state index contributed by atoms with van der Waals surface area (Å²) >= 11 is 0. The van der Waals surface area contributed by atoms with Crippen LogP contribution < -0.4 is 14.5 Å². The predicted octanol–water partition coefficient (Wildman–Crippen LogP) is 3.09. The summed E-state index contributed by atoms with van der Waals surface area (Å²) in [6.45, 7) is 2.23. The highest BCUT2D eigenvalue weighted by Crippen LogP contribution is 2.57. The molecule has 7 rings (SSSR count). The summed E-state index contributed by atoms with van der Waals surface area (Å²) in [6, 6.07) is 15.6. The van der Waals surface area contributed by atoms with Crippen molar-refractivity contribution in [1.29, 1.82) is 5.41 Å². The first-order chi connectivity index (χ1) is 21.4. The second kappa shape index (κ2) is 9.91. The molecule has 11 nitrogen and oxygen atoms in total. The van der Waals surface area contributed by atoms with Crippen LogP contribution in [0.5, 0.6) is 11.5 Å². The number of carbonyl (C=O) groups excluding carboxylic acids is 3. The SMILES string of the molecule is CN(C)C(=O)C1CN(c2ccc3c(c2)Oc2cc(N4CC(C(=O)N(C)C)C4)ccc2C32C(=N)C(=O)c3ccc(C(=O)O)cc32)C1. The molecule has 0 bridgehead atoms. The molecule has 0 unspecified atom stereocenters. The quantitative estimate of drug-likeness (QED) is 0.452. The Morgan fingerprint density at radius 1 is 0.778 bits per heavy atom. The van der Waals surface area contributed by atoms with Gasteiger partial charge in [0.25, 0.3) is 0 Å². The normalized spacial score (nSPS) is 18.0. The van der Waals surface area contributed by atoms with Crippen LogP contribution in [0, 0.1) is 17.2 Å². The average molecular weight is 608 g/mol. The molecule has 2 amide bonds. The third kappa shape index (κ3) is 4.06. The molecule has 0 aromatic heterocycles. The number of hydrogen-bond acceptors (Lipinski definition) is 8. The van der Waals surface area contributed by atoms with E-state index < -0.39 is 17.2 Å². The molecule has 3 heterocycles. The number of carboxylic acids is 1. The number of hydrogen-bond donors (Lipinski definition) is 2. The van der Waals surface area contributed by atoms with Gasteiger partial charge in [-0.05, 0) is 35.9 Å². The lowest BCUT2D eigenvalue weighted by Gasteiger charge is -2.43. The van der Waals surface area contributed by atoms with Crippen molar-refractivity contribution in [2.75, 3.05) is 64.2 Å². The van der Waals surface area contributed by atoms with Gasteiger partial charge in [-0.1, -0.05) is 12.1 Å². The van der Waals surface area contributed by atoms with Crippen molar-refractivity contribution < 1.29 is 29.0 Å². The Hall–Kier alpha value is -5.19. The van der Waals surface area contributed by atoms with Crippen molar-refractivity contribution in [3.8, 4) is 11.5 Å². The molecule has 1 aliphatic carbocycles. The molecule has 3 aliphatic heterocycles. The van der Waals surface area contributed by atoms with Crippen LogP contribution in [-0.4, -0.2) is 98.6 Å². The van der Waals surface area contributed by atoms with Crippen LogP contribution in [0.4, 0.5) is 11.4 Å². The van der Waals surface area contributed by atoms with E-state index in [1.165, 1.54) is 18.2 Å². The van der Waals surface area contributed by atoms with E-state index in [0.717, 1.165) is 11.4 Å². The number of anilines is 2. The Morgan fingerprint density at radius 3 is 1.71 bits per heavy atom. The number of nitrogens with zero attached hydrogens (tertiary/aromatic N) is 4. The van der Waals surface area contributed by atoms with Crippen molar-refractivity contribution in [3.63, 3.8) is 0 Å². The Bertz CT molecular complexity index is 1750. The van der Waals surface area contributed by atoms with E-state index in [-0.39, 0.29) is 40.5 Å². The number of ether oxygens (including phenoxy) is 1. The largest absolute Gasteiger partial charge is 0.478 e. The summed E-state index contributed by atoms with van der Waals surface area (Å²) in [5.74, 6) is -0.743. The summed E-state index contributed by atoms with van der Waals surface area (Å²) < 4.78 is 6.56. The molecule has 1 spiro atoms. The van der Waals surface area contributed by atoms with Crippen molar-refractivity contribution in [1.82, 2.24) is 9.80 Å². The maximum absolute atomic E-state index is 13.6. The molecule has 11 heteroatoms. The number of aromatic carboxylic acids is 1. The minimum atomic E-state index is -1.38. The average Bonchev–Trinajstić information content (AvgIpc) is 3.17. The number of ketones is 1. The molecule has 4 aliphatic rings. The fourth-order valence-corrected chi connectivity index (χ4v) is 7.07. The molecule has 0 atom stereocenters. The van der Waals surface area contributed by atoms with Crippen LogP contribution in [0.3, 0.4) is 0 Å². The van der Waals surface area contributed by atoms with E-state index in [4.69, 9.17) is 4.74 Å². The van der Waals surface area contributed by atoms with Gasteiger partial charge < -0.3 is 29.4 Å². The van der Waals surface area contributed by atoms with Crippen LogP contribution in [0.25, 0.3) is 0 Å². The van der Waals surface area contributed by atoms with Gasteiger partial charge in [0.15, 0.2) is 0 Å². The highest BCUT2D eigenvalue weighted by Gasteiger charge is 2.56. The number of amides is 2. The lowest BCUT2D eigenvalue weighted by atomic mass is 9.67. The van der Waals surface area contributed by atoms with Gasteiger partial charge in [0.05, 0.1) is 28.5 Å². The molecule has 3 aromatic rings. The molecule has 0 saturated carbocycles. The van der Waals surface area contributed by atoms with Crippen molar-refractivity contribution >= 4 is 40.7 Å². The zero-order valence-electron chi connectivity index (χ0n) is 25.5. The summed E-state index contributed by atoms with van der Waals surface area (Å²) in [7, 11) is 6.98. The second-order valence-electron chi connectivity index (χ2n) is 12.7. The number of carbonyl (C=O) groups is 4. The fourth-order valence-electron chi connectivity index (χ4n) is 7.07. The fraction of sp³-hybridized carbons (Fsp3) is 0.324. The number of fused-ring (bicyclic) bond motifs is 6. The van der Waals surface area contributed by atoms with E-state index in [9.17, 15) is 29.7 Å². The molecular weight excluding hydrogens is 574 g/mol. The summed E-state index contributed by atoms with van der Waals surface area (Å²) in [4.78, 5) is 58.0. The number of Topliss-reactive ketones (excluding diaryl/α,β-unsaturated/α-hetero) is 1. The Morgan fingerprint density at radius 2 is 1.27 bits per heavy atom. The van der Waals surface area contributed by atoms with Gasteiger partial charge in [0.2, 0.25) is 17.6 Å². The Kier molecular flexibility index (Phi) is 6.29. The van der Waals surface area contributed by atoms with Gasteiger partial charge in [0.1, 0.15) is 11.5 Å². The molecule has 230 valence electrons. The van der Waals surface area contributed by atoms with Gasteiger partial charge in [-0.2, -0.15) is 0 Å². The van der Waals surface area contributed by atoms with Crippen LogP contribution >= 0.6 is 0 Å². The monoisotopic (exact) mass is 607 g/mol. The predicted molar refractivity (Wildman–Crippen MR) is 167 cm³/mol. The first-order valence-corrected chi connectivity index (χ1v) is 14.8. The third-order valence-corrected chi connectivity index (χ3v) is 9.55. The van der Waals surface area contributed by atoms with E-state index in [1.807, 2.05) is 36.4 Å². The lowest BCUT2D eigenvalue weighted by Crippen LogP contribution is -2.53. The molecule has 0 radical (unpaired) electrons. The van der Waals surface area contributed by atoms with E-state index in [0.29, 0.717) is 54.4 Å². The highest BCUT2D eigenvalue weighted by atomic mass is 16.5. The molecule has 2 N–H and O–H groups in total. The van der Waals surface area contributed by atoms with E-state index in [1.54, 1.807) is 38.0 Å². The van der Waals surface area contributed by atoms with Crippen molar-refractivity contribution in [2.24, 2.45) is 11.8 Å². The maximum Gasteiger partial charge on any atom is 0.335 e. The van der Waals surface area contributed by atoms with Gasteiger partial charge in [-0.3, -0.25) is 19.8 Å². The van der Waals surface area contributed by atoms with Gasteiger partial charge in [-0.25, -0.2) is 4.79 Å². The van der Waals surface area contributed by atoms with E-state index >= 15 is 0 Å². The minimum absolute atomic E-state index is 0.0211. The summed E-state index contributed by atoms with van der Waals surface area (Å²) in [5, 5.41) is 19.1. The standard InChI is InChI=1S/C34H33N5O6/c1-36(2)31(41)19-14-38(15-19)21-6-9-24-27(12-21)45-28-13-22(39-16-20(17-39)32(42)37(3)4)7-10-25(28)34(24)26-11-18(33(43)44)5-8-23(26)29(40)30(34)35/h5-13,19-20,35H,14-17H2,1-4H3,(H,43,44). The number of benzene rings is 3. The smallest absolute Gasteiger partial charge is 0.335 e. The van der Waals surface area contributed by atoms with Crippen LogP contribution in [0.1, 0.15) is 37.4 Å². The topological polar surface area (TPSA) is 135 Å². The Labute approximate surface area is 260 Å². The van der Waals surface area contributed by atoms with Crippen molar-refractivity contribution in [2.45, 2.75) is 5.41 Å². The molecule has 3 aromatic carbocycles. The van der Waals surface area contributed by atoms with Crippen LogP contribution in [-0.2, 0) is 15.0 Å². The highest BCUT2D eigenvalue weighted by molar-refractivity contribution is 6.53. The summed E-state index contributed by atoms with van der Waals surface area (Å²) in [5.41, 5.74) is 2.03. The molecule has 2 fully saturated rings. The third-order valence-electron chi connectivity index (χ3n) is 9.55. The molecule has 45 heavy (non-hydrogen) atoms. The van der Waals surface area contributed by atoms with Gasteiger partial charge in [-0.15, -0.1) is 0 Å². The van der Waals surface area contributed by atoms with Gasteiger partial charge in [0, 0.05) is 94.6 Å².